The van der Waals surface area contributed by atoms with E-state index in [1.807, 2.05) is 0 Å². The summed E-state index contributed by atoms with van der Waals surface area (Å²) in [6.45, 7) is -0.653. The zero-order chi connectivity index (χ0) is 16.4. The van der Waals surface area contributed by atoms with Crippen molar-refractivity contribution in [3.63, 3.8) is 0 Å². The first kappa shape index (κ1) is 19.0. The van der Waals surface area contributed by atoms with Crippen molar-refractivity contribution in [1.82, 2.24) is 0 Å². The molecule has 4 nitrogen and oxygen atoms in total. The van der Waals surface area contributed by atoms with Crippen molar-refractivity contribution in [2.45, 2.75) is 38.2 Å². The normalized spacial score (nSPS) is 16.7. The van der Waals surface area contributed by atoms with E-state index in [9.17, 15) is 31.1 Å². The van der Waals surface area contributed by atoms with E-state index >= 15 is 0 Å². The molecule has 0 amide bonds. The molecule has 1 atom stereocenters. The molecule has 10 heteroatoms. The van der Waals surface area contributed by atoms with Crippen LogP contribution in [-0.4, -0.2) is 47.3 Å². The number of esters is 1. The third-order valence-corrected chi connectivity index (χ3v) is 2.97. The number of aliphatic hydroxyl groups excluding tert-OH is 1. The Bertz CT molecular complexity index is 331. The number of alkyl halides is 6. The van der Waals surface area contributed by atoms with Gasteiger partial charge in [-0.25, -0.2) is 0 Å². The number of aliphatic hydroxyl groups is 2. The molecule has 120 valence electrons. The maximum Gasteiger partial charge on any atom is 0.429 e. The van der Waals surface area contributed by atoms with Crippen LogP contribution in [0.2, 0.25) is 0 Å². The highest BCUT2D eigenvalue weighted by molar-refractivity contribution is 5.76. The zero-order valence-electron chi connectivity index (χ0n) is 10.6. The highest BCUT2D eigenvalue weighted by Gasteiger charge is 2.71. The number of halogens is 6. The fraction of sp³-hybridized carbons (Fsp3) is 0.900. The summed E-state index contributed by atoms with van der Waals surface area (Å²) in [7, 11) is 0. The predicted molar refractivity (Wildman–Crippen MR) is 53.5 cm³/mol. The van der Waals surface area contributed by atoms with Crippen LogP contribution in [0.5, 0.6) is 0 Å². The first-order valence-electron chi connectivity index (χ1n) is 5.39. The summed E-state index contributed by atoms with van der Waals surface area (Å²) in [6.07, 6.45) is -12.2. The van der Waals surface area contributed by atoms with Gasteiger partial charge in [0.1, 0.15) is 6.61 Å². The number of ether oxygens (including phenoxy) is 1. The predicted octanol–water partition coefficient (Wildman–Crippen LogP) is 1.79. The molecular formula is C10H14F6O4. The molecular weight excluding hydrogens is 298 g/mol. The Morgan fingerprint density at radius 2 is 1.50 bits per heavy atom. The fourth-order valence-corrected chi connectivity index (χ4v) is 0.989. The van der Waals surface area contributed by atoms with Gasteiger partial charge in [0, 0.05) is 0 Å². The van der Waals surface area contributed by atoms with Crippen molar-refractivity contribution >= 4 is 5.97 Å². The maximum absolute atomic E-state index is 12.3. The van der Waals surface area contributed by atoms with Crippen LogP contribution in [0.3, 0.4) is 0 Å². The molecule has 0 aliphatic rings. The second-order valence-electron chi connectivity index (χ2n) is 4.50. The summed E-state index contributed by atoms with van der Waals surface area (Å²) in [4.78, 5) is 11.4. The number of hydrogen-bond donors (Lipinski definition) is 2. The molecule has 0 aliphatic carbocycles. The van der Waals surface area contributed by atoms with E-state index in [1.165, 1.54) is 6.92 Å². The molecule has 20 heavy (non-hydrogen) atoms. The van der Waals surface area contributed by atoms with E-state index in [0.717, 1.165) is 6.92 Å². The molecule has 1 unspecified atom stereocenters. The maximum atomic E-state index is 12.3. The van der Waals surface area contributed by atoms with Gasteiger partial charge in [0.2, 0.25) is 0 Å². The van der Waals surface area contributed by atoms with Crippen molar-refractivity contribution in [3.8, 4) is 0 Å². The minimum atomic E-state index is -6.06. The quantitative estimate of drug-likeness (QED) is 0.600. The lowest BCUT2D eigenvalue weighted by Gasteiger charge is -2.33. The smallest absolute Gasteiger partial charge is 0.429 e. The number of rotatable bonds is 5. The molecule has 2 N–H and O–H groups in total. The van der Waals surface area contributed by atoms with Crippen LogP contribution in [0, 0.1) is 5.41 Å². The average molecular weight is 312 g/mol. The monoisotopic (exact) mass is 312 g/mol. The number of carbonyl (C=O) groups is 1. The van der Waals surface area contributed by atoms with E-state index in [1.54, 1.807) is 0 Å². The van der Waals surface area contributed by atoms with Crippen LogP contribution in [-0.2, 0) is 9.53 Å². The standard InChI is InChI=1S/C10H14F6O4/c1-3-7(2,4-17)6(18)20-5-8(19,9(11,12)13)10(14,15)16/h17,19H,3-5H2,1-2H3. The molecule has 0 aromatic rings. The van der Waals surface area contributed by atoms with Crippen LogP contribution >= 0.6 is 0 Å². The Morgan fingerprint density at radius 3 is 1.75 bits per heavy atom. The van der Waals surface area contributed by atoms with Gasteiger partial charge in [-0.1, -0.05) is 6.92 Å². The summed E-state index contributed by atoms with van der Waals surface area (Å²) >= 11 is 0. The number of carbonyl (C=O) groups excluding carboxylic acids is 1. The molecule has 0 heterocycles. The lowest BCUT2D eigenvalue weighted by atomic mass is 9.89. The molecule has 0 aromatic carbocycles. The highest BCUT2D eigenvalue weighted by atomic mass is 19.4. The molecule has 0 bridgehead atoms. The Balaban J connectivity index is 5.14. The minimum Gasteiger partial charge on any atom is -0.461 e. The van der Waals surface area contributed by atoms with Crippen LogP contribution in [0.4, 0.5) is 26.3 Å². The van der Waals surface area contributed by atoms with E-state index in [0.29, 0.717) is 0 Å². The zero-order valence-corrected chi connectivity index (χ0v) is 10.6. The molecule has 0 radical (unpaired) electrons. The molecule has 0 saturated heterocycles. The van der Waals surface area contributed by atoms with E-state index in [2.05, 4.69) is 4.74 Å². The Hall–Kier alpha value is -1.03. The van der Waals surface area contributed by atoms with Gasteiger partial charge in [0.15, 0.2) is 0 Å². The Labute approximate surface area is 110 Å². The molecule has 0 rings (SSSR count). The van der Waals surface area contributed by atoms with Gasteiger partial charge in [-0.2, -0.15) is 26.3 Å². The van der Waals surface area contributed by atoms with Crippen LogP contribution in [0.25, 0.3) is 0 Å². The van der Waals surface area contributed by atoms with E-state index < -0.39 is 42.6 Å². The Morgan fingerprint density at radius 1 is 1.10 bits per heavy atom. The van der Waals surface area contributed by atoms with Gasteiger partial charge < -0.3 is 14.9 Å². The van der Waals surface area contributed by atoms with E-state index in [-0.39, 0.29) is 6.42 Å². The number of hydrogen-bond acceptors (Lipinski definition) is 4. The van der Waals surface area contributed by atoms with Crippen molar-refractivity contribution in [3.05, 3.63) is 0 Å². The van der Waals surface area contributed by atoms with Crippen molar-refractivity contribution in [1.29, 1.82) is 0 Å². The van der Waals surface area contributed by atoms with E-state index in [4.69, 9.17) is 10.2 Å². The fourth-order valence-electron chi connectivity index (χ4n) is 0.989. The lowest BCUT2D eigenvalue weighted by Crippen LogP contribution is -2.60. The summed E-state index contributed by atoms with van der Waals surface area (Å²) < 4.78 is 77.7. The van der Waals surface area contributed by atoms with Gasteiger partial charge in [0.05, 0.1) is 12.0 Å². The summed E-state index contributed by atoms with van der Waals surface area (Å²) in [5, 5.41) is 17.7. The second-order valence-corrected chi connectivity index (χ2v) is 4.50. The average Bonchev–Trinajstić information content (AvgIpc) is 2.31. The lowest BCUT2D eigenvalue weighted by molar-refractivity contribution is -0.375. The van der Waals surface area contributed by atoms with Crippen LogP contribution in [0.1, 0.15) is 20.3 Å². The van der Waals surface area contributed by atoms with Gasteiger partial charge in [-0.3, -0.25) is 4.79 Å². The first-order chi connectivity index (χ1) is 8.75. The molecule has 0 aliphatic heterocycles. The van der Waals surface area contributed by atoms with Crippen LogP contribution in [0.15, 0.2) is 0 Å². The van der Waals surface area contributed by atoms with Crippen molar-refractivity contribution < 1.29 is 46.1 Å². The molecule has 0 aromatic heterocycles. The molecule has 0 fully saturated rings. The topological polar surface area (TPSA) is 66.8 Å². The van der Waals surface area contributed by atoms with Gasteiger partial charge in [0.25, 0.3) is 5.60 Å². The van der Waals surface area contributed by atoms with Gasteiger partial charge in [-0.15, -0.1) is 0 Å². The van der Waals surface area contributed by atoms with Crippen molar-refractivity contribution in [2.24, 2.45) is 5.41 Å². The highest BCUT2D eigenvalue weighted by Crippen LogP contribution is 2.43. The third kappa shape index (κ3) is 3.54. The van der Waals surface area contributed by atoms with Crippen LogP contribution < -0.4 is 0 Å². The summed E-state index contributed by atoms with van der Waals surface area (Å²) in [6, 6.07) is 0. The Kier molecular flexibility index (Phi) is 5.46. The second kappa shape index (κ2) is 5.76. The summed E-state index contributed by atoms with van der Waals surface area (Å²) in [5.74, 6) is -1.46. The summed E-state index contributed by atoms with van der Waals surface area (Å²) in [5.41, 5.74) is -6.79. The largest absolute Gasteiger partial charge is 0.461 e. The first-order valence-corrected chi connectivity index (χ1v) is 5.39. The SMILES string of the molecule is CCC(C)(CO)C(=O)OCC(O)(C(F)(F)F)C(F)(F)F. The molecule has 0 spiro atoms. The van der Waals surface area contributed by atoms with Gasteiger partial charge >= 0.3 is 18.3 Å². The third-order valence-electron chi connectivity index (χ3n) is 2.97. The van der Waals surface area contributed by atoms with Crippen molar-refractivity contribution in [2.75, 3.05) is 13.2 Å². The minimum absolute atomic E-state index is 0.0706. The molecule has 0 saturated carbocycles. The van der Waals surface area contributed by atoms with Gasteiger partial charge in [-0.05, 0) is 13.3 Å².